The predicted molar refractivity (Wildman–Crippen MR) is 70.3 cm³/mol. The predicted octanol–water partition coefficient (Wildman–Crippen LogP) is 1.82. The minimum atomic E-state index is -0.951. The van der Waals surface area contributed by atoms with Crippen LogP contribution in [0.3, 0.4) is 0 Å². The lowest BCUT2D eigenvalue weighted by atomic mass is 9.90. The monoisotopic (exact) mass is 261 g/mol. The zero-order valence-electron chi connectivity index (χ0n) is 11.3. The summed E-state index contributed by atoms with van der Waals surface area (Å²) in [5.41, 5.74) is 0.781. The summed E-state index contributed by atoms with van der Waals surface area (Å²) in [6, 6.07) is 1.29. The smallest absolute Gasteiger partial charge is 0.339 e. The quantitative estimate of drug-likeness (QED) is 0.879. The Morgan fingerprint density at radius 1 is 1.37 bits per heavy atom. The number of aryl methyl sites for hydroxylation is 1. The third-order valence-electron chi connectivity index (χ3n) is 4.69. The van der Waals surface area contributed by atoms with Crippen LogP contribution in [0.25, 0.3) is 0 Å². The lowest BCUT2D eigenvalue weighted by Gasteiger charge is -2.35. The van der Waals surface area contributed by atoms with E-state index < -0.39 is 5.97 Å². The van der Waals surface area contributed by atoms with Gasteiger partial charge in [0.25, 0.3) is 0 Å². The van der Waals surface area contributed by atoms with Crippen LogP contribution in [0.2, 0.25) is 0 Å². The summed E-state index contributed by atoms with van der Waals surface area (Å²) in [7, 11) is 2.21. The molecule has 0 saturated carbocycles. The first-order chi connectivity index (χ1) is 9.06. The second-order valence-corrected chi connectivity index (χ2v) is 5.75. The highest BCUT2D eigenvalue weighted by atomic mass is 16.4. The summed E-state index contributed by atoms with van der Waals surface area (Å²) in [5, 5.41) is 9.01. The van der Waals surface area contributed by atoms with Gasteiger partial charge in [-0.2, -0.15) is 0 Å². The van der Waals surface area contributed by atoms with Crippen molar-refractivity contribution in [2.24, 2.45) is 0 Å². The maximum absolute atomic E-state index is 11.0. The summed E-state index contributed by atoms with van der Waals surface area (Å²) >= 11 is 0. The number of carboxylic acids is 1. The van der Waals surface area contributed by atoms with Crippen molar-refractivity contribution < 1.29 is 9.90 Å². The van der Waals surface area contributed by atoms with E-state index in [0.717, 1.165) is 18.7 Å². The lowest BCUT2D eigenvalue weighted by molar-refractivity contribution is 0.0695. The van der Waals surface area contributed by atoms with Gasteiger partial charge >= 0.3 is 5.97 Å². The van der Waals surface area contributed by atoms with E-state index in [4.69, 9.17) is 5.11 Å². The van der Waals surface area contributed by atoms with Crippen molar-refractivity contribution in [1.82, 2.24) is 14.9 Å². The Balaban J connectivity index is 1.84. The van der Waals surface area contributed by atoms with Gasteiger partial charge in [-0.3, -0.25) is 0 Å². The lowest BCUT2D eigenvalue weighted by Crippen LogP contribution is -2.39. The Kier molecular flexibility index (Phi) is 3.01. The normalized spacial score (nSPS) is 30.5. The maximum atomic E-state index is 11.0. The van der Waals surface area contributed by atoms with Gasteiger partial charge in [-0.15, -0.1) is 0 Å². The molecule has 2 aliphatic rings. The van der Waals surface area contributed by atoms with E-state index >= 15 is 0 Å². The van der Waals surface area contributed by atoms with E-state index in [9.17, 15) is 4.79 Å². The summed E-state index contributed by atoms with van der Waals surface area (Å²) < 4.78 is 0. The van der Waals surface area contributed by atoms with Crippen LogP contribution in [-0.4, -0.2) is 45.1 Å². The molecule has 2 atom stereocenters. The zero-order chi connectivity index (χ0) is 13.6. The summed E-state index contributed by atoms with van der Waals surface area (Å²) in [6.07, 6.45) is 6.19. The van der Waals surface area contributed by atoms with Crippen molar-refractivity contribution in [1.29, 1.82) is 0 Å². The van der Waals surface area contributed by atoms with E-state index in [2.05, 4.69) is 21.9 Å². The molecular weight excluding hydrogens is 242 g/mol. The Hall–Kier alpha value is -1.49. The average molecular weight is 261 g/mol. The van der Waals surface area contributed by atoms with Gasteiger partial charge in [0, 0.05) is 24.2 Å². The first-order valence-electron chi connectivity index (χ1n) is 6.85. The van der Waals surface area contributed by atoms with Crippen LogP contribution in [0.1, 0.15) is 53.5 Å². The second-order valence-electron chi connectivity index (χ2n) is 5.75. The third kappa shape index (κ3) is 2.12. The molecule has 5 nitrogen and oxygen atoms in total. The molecule has 2 unspecified atom stereocenters. The average Bonchev–Trinajstić information content (AvgIpc) is 2.61. The molecule has 1 aromatic heterocycles. The van der Waals surface area contributed by atoms with Gasteiger partial charge in [-0.1, -0.05) is 0 Å². The molecule has 0 aliphatic carbocycles. The van der Waals surface area contributed by atoms with Gasteiger partial charge in [-0.05, 0) is 39.7 Å². The van der Waals surface area contributed by atoms with E-state index in [-0.39, 0.29) is 5.56 Å². The molecule has 0 radical (unpaired) electrons. The molecule has 2 fully saturated rings. The standard InChI is InChI=1S/C14H19N3O2/c1-8-12(14(18)19)7-15-13(16-8)9-5-10-3-4-11(6-9)17(10)2/h7,9-11H,3-6H2,1-2H3,(H,18,19). The molecule has 1 aromatic rings. The van der Waals surface area contributed by atoms with E-state index in [0.29, 0.717) is 23.7 Å². The van der Waals surface area contributed by atoms with Crippen molar-refractivity contribution >= 4 is 5.97 Å². The number of aromatic nitrogens is 2. The largest absolute Gasteiger partial charge is 0.478 e. The number of hydrogen-bond acceptors (Lipinski definition) is 4. The van der Waals surface area contributed by atoms with Gasteiger partial charge in [0.05, 0.1) is 11.3 Å². The third-order valence-corrected chi connectivity index (χ3v) is 4.69. The molecule has 2 bridgehead atoms. The SMILES string of the molecule is Cc1nc(C2CC3CCC(C2)N3C)ncc1C(=O)O. The summed E-state index contributed by atoms with van der Waals surface area (Å²) in [6.45, 7) is 1.75. The van der Waals surface area contributed by atoms with Crippen LogP contribution in [0.4, 0.5) is 0 Å². The van der Waals surface area contributed by atoms with Crippen molar-refractivity contribution in [2.45, 2.75) is 50.6 Å². The highest BCUT2D eigenvalue weighted by Gasteiger charge is 2.39. The Morgan fingerprint density at radius 2 is 2.00 bits per heavy atom. The minimum absolute atomic E-state index is 0.208. The number of fused-ring (bicyclic) bond motifs is 2. The summed E-state index contributed by atoms with van der Waals surface area (Å²) in [4.78, 5) is 22.2. The van der Waals surface area contributed by atoms with Gasteiger partial charge in [-0.25, -0.2) is 14.8 Å². The molecule has 2 saturated heterocycles. The fraction of sp³-hybridized carbons (Fsp3) is 0.643. The Labute approximate surface area is 112 Å². The van der Waals surface area contributed by atoms with Crippen LogP contribution in [0.15, 0.2) is 6.20 Å². The Bertz CT molecular complexity index is 503. The van der Waals surface area contributed by atoms with Crippen LogP contribution in [0, 0.1) is 6.92 Å². The number of piperidine rings is 1. The van der Waals surface area contributed by atoms with E-state index in [1.165, 1.54) is 19.0 Å². The van der Waals surface area contributed by atoms with Crippen molar-refractivity contribution in [3.05, 3.63) is 23.3 Å². The molecule has 19 heavy (non-hydrogen) atoms. The Morgan fingerprint density at radius 3 is 2.53 bits per heavy atom. The molecule has 102 valence electrons. The van der Waals surface area contributed by atoms with Crippen LogP contribution in [-0.2, 0) is 0 Å². The molecule has 0 aromatic carbocycles. The van der Waals surface area contributed by atoms with Crippen molar-refractivity contribution in [2.75, 3.05) is 7.05 Å². The molecule has 0 spiro atoms. The molecule has 2 aliphatic heterocycles. The number of rotatable bonds is 2. The van der Waals surface area contributed by atoms with Crippen molar-refractivity contribution in [3.63, 3.8) is 0 Å². The molecule has 1 N–H and O–H groups in total. The topological polar surface area (TPSA) is 66.3 Å². The maximum Gasteiger partial charge on any atom is 0.339 e. The number of carbonyl (C=O) groups is 1. The second kappa shape index (κ2) is 4.56. The number of aromatic carboxylic acids is 1. The van der Waals surface area contributed by atoms with Crippen LogP contribution >= 0.6 is 0 Å². The van der Waals surface area contributed by atoms with Crippen LogP contribution in [0.5, 0.6) is 0 Å². The molecule has 0 amide bonds. The van der Waals surface area contributed by atoms with Gasteiger partial charge in [0.2, 0.25) is 0 Å². The zero-order valence-corrected chi connectivity index (χ0v) is 11.3. The fourth-order valence-electron chi connectivity index (χ4n) is 3.51. The van der Waals surface area contributed by atoms with Gasteiger partial charge < -0.3 is 10.0 Å². The van der Waals surface area contributed by atoms with Gasteiger partial charge in [0.15, 0.2) is 0 Å². The highest BCUT2D eigenvalue weighted by Crippen LogP contribution is 2.41. The van der Waals surface area contributed by atoms with Gasteiger partial charge in [0.1, 0.15) is 5.82 Å². The molecule has 5 heteroatoms. The van der Waals surface area contributed by atoms with E-state index in [1.54, 1.807) is 6.92 Å². The number of hydrogen-bond donors (Lipinski definition) is 1. The summed E-state index contributed by atoms with van der Waals surface area (Å²) in [5.74, 6) is 0.259. The number of carboxylic acid groups (broad SMARTS) is 1. The first kappa shape index (κ1) is 12.5. The van der Waals surface area contributed by atoms with E-state index in [1.807, 2.05) is 0 Å². The number of nitrogens with zero attached hydrogens (tertiary/aromatic N) is 3. The van der Waals surface area contributed by atoms with Crippen LogP contribution < -0.4 is 0 Å². The van der Waals surface area contributed by atoms with Crippen molar-refractivity contribution in [3.8, 4) is 0 Å². The minimum Gasteiger partial charge on any atom is -0.478 e. The fourth-order valence-corrected chi connectivity index (χ4v) is 3.51. The molecule has 3 rings (SSSR count). The molecular formula is C14H19N3O2. The first-order valence-corrected chi connectivity index (χ1v) is 6.85. The highest BCUT2D eigenvalue weighted by molar-refractivity contribution is 5.88. The molecule has 3 heterocycles.